The van der Waals surface area contributed by atoms with Crippen LogP contribution in [0.3, 0.4) is 0 Å². The Bertz CT molecular complexity index is 230. The molecule has 0 saturated carbocycles. The third kappa shape index (κ3) is 2.27. The van der Waals surface area contributed by atoms with Gasteiger partial charge in [0, 0.05) is 18.4 Å². The van der Waals surface area contributed by atoms with Crippen molar-refractivity contribution in [3.63, 3.8) is 0 Å². The highest BCUT2D eigenvalue weighted by Crippen LogP contribution is 2.13. The number of aromatic nitrogens is 2. The summed E-state index contributed by atoms with van der Waals surface area (Å²) in [5, 5.41) is 0. The summed E-state index contributed by atoms with van der Waals surface area (Å²) in [4.78, 5) is 4.32. The average molecular weight is 184 g/mol. The van der Waals surface area contributed by atoms with Gasteiger partial charge in [0.25, 0.3) is 0 Å². The predicted octanol–water partition coefficient (Wildman–Crippen LogP) is 2.72. The van der Waals surface area contributed by atoms with Gasteiger partial charge in [0.2, 0.25) is 0 Å². The highest BCUT2D eigenvalue weighted by molar-refractivity contribution is 7.98. The molecule has 68 valence electrons. The Kier molecular flexibility index (Phi) is 3.66. The van der Waals surface area contributed by atoms with E-state index in [4.69, 9.17) is 0 Å². The van der Waals surface area contributed by atoms with Crippen molar-refractivity contribution in [3.05, 3.63) is 18.2 Å². The molecule has 0 fully saturated rings. The third-order valence-corrected chi connectivity index (χ3v) is 2.61. The Balaban J connectivity index is 2.64. The van der Waals surface area contributed by atoms with Crippen LogP contribution in [0.5, 0.6) is 0 Å². The second-order valence-electron chi connectivity index (χ2n) is 2.98. The van der Waals surface area contributed by atoms with Crippen LogP contribution in [0.1, 0.15) is 32.6 Å². The molecule has 0 aromatic carbocycles. The van der Waals surface area contributed by atoms with Crippen LogP contribution in [0.15, 0.2) is 12.4 Å². The van der Waals surface area contributed by atoms with Crippen LogP contribution in [0.4, 0.5) is 0 Å². The Morgan fingerprint density at radius 2 is 2.33 bits per heavy atom. The zero-order valence-electron chi connectivity index (χ0n) is 7.95. The van der Waals surface area contributed by atoms with Crippen molar-refractivity contribution < 1.29 is 0 Å². The molecule has 0 aliphatic rings. The Morgan fingerprint density at radius 3 is 2.92 bits per heavy atom. The molecule has 0 aliphatic carbocycles. The molecule has 1 aromatic rings. The Labute approximate surface area is 78.4 Å². The summed E-state index contributed by atoms with van der Waals surface area (Å²) in [5.74, 6) is 3.38. The maximum Gasteiger partial charge on any atom is 0.118 e. The van der Waals surface area contributed by atoms with E-state index in [1.54, 1.807) is 0 Å². The van der Waals surface area contributed by atoms with Crippen LogP contribution in [0.25, 0.3) is 0 Å². The number of nitrogens with zero attached hydrogens (tertiary/aromatic N) is 2. The molecule has 2 nitrogen and oxygen atoms in total. The van der Waals surface area contributed by atoms with Gasteiger partial charge in [-0.25, -0.2) is 4.98 Å². The van der Waals surface area contributed by atoms with E-state index in [0.717, 1.165) is 11.5 Å². The van der Waals surface area contributed by atoms with E-state index in [-0.39, 0.29) is 0 Å². The average Bonchev–Trinajstić information content (AvgIpc) is 2.48. The standard InChI is InChI=1S/C9H16N2S/c1-4-12-7-9-10-5-6-11(9)8(2)3/h5-6,8H,4,7H2,1-3H3. The normalized spacial score (nSPS) is 11.0. The topological polar surface area (TPSA) is 17.8 Å². The van der Waals surface area contributed by atoms with E-state index in [9.17, 15) is 0 Å². The minimum Gasteiger partial charge on any atom is -0.332 e. The van der Waals surface area contributed by atoms with Gasteiger partial charge in [-0.3, -0.25) is 0 Å². The number of thioether (sulfide) groups is 1. The van der Waals surface area contributed by atoms with E-state index in [1.807, 2.05) is 18.0 Å². The first-order valence-corrected chi connectivity index (χ1v) is 5.50. The molecule has 1 aromatic heterocycles. The molecule has 0 amide bonds. The van der Waals surface area contributed by atoms with Gasteiger partial charge in [-0.05, 0) is 19.6 Å². The molecule has 0 saturated heterocycles. The third-order valence-electron chi connectivity index (χ3n) is 1.74. The van der Waals surface area contributed by atoms with Crippen molar-refractivity contribution in [1.29, 1.82) is 0 Å². The fraction of sp³-hybridized carbons (Fsp3) is 0.667. The fourth-order valence-electron chi connectivity index (χ4n) is 1.12. The quantitative estimate of drug-likeness (QED) is 0.716. The first-order chi connectivity index (χ1) is 5.75. The molecule has 0 radical (unpaired) electrons. The predicted molar refractivity (Wildman–Crippen MR) is 54.4 cm³/mol. The van der Waals surface area contributed by atoms with Gasteiger partial charge in [0.05, 0.1) is 5.75 Å². The van der Waals surface area contributed by atoms with Gasteiger partial charge in [0.1, 0.15) is 5.82 Å². The molecule has 0 spiro atoms. The fourth-order valence-corrected chi connectivity index (χ4v) is 1.73. The molecule has 0 N–H and O–H groups in total. The molecule has 1 heterocycles. The number of rotatable bonds is 4. The van der Waals surface area contributed by atoms with Gasteiger partial charge in [-0.2, -0.15) is 11.8 Å². The van der Waals surface area contributed by atoms with Crippen molar-refractivity contribution in [2.24, 2.45) is 0 Å². The molecular formula is C9H16N2S. The van der Waals surface area contributed by atoms with Crippen molar-refractivity contribution in [2.75, 3.05) is 5.75 Å². The lowest BCUT2D eigenvalue weighted by Gasteiger charge is -2.10. The van der Waals surface area contributed by atoms with Gasteiger partial charge >= 0.3 is 0 Å². The maximum atomic E-state index is 4.32. The molecule has 0 bridgehead atoms. The molecule has 0 atom stereocenters. The molecule has 0 unspecified atom stereocenters. The van der Waals surface area contributed by atoms with Gasteiger partial charge < -0.3 is 4.57 Å². The molecular weight excluding hydrogens is 168 g/mol. The highest BCUT2D eigenvalue weighted by Gasteiger charge is 2.04. The Hall–Kier alpha value is -0.440. The summed E-state index contributed by atoms with van der Waals surface area (Å²) in [5.41, 5.74) is 0. The summed E-state index contributed by atoms with van der Waals surface area (Å²) in [7, 11) is 0. The summed E-state index contributed by atoms with van der Waals surface area (Å²) in [6, 6.07) is 0.528. The Morgan fingerprint density at radius 1 is 1.58 bits per heavy atom. The smallest absolute Gasteiger partial charge is 0.118 e. The second kappa shape index (κ2) is 4.55. The van der Waals surface area contributed by atoms with Gasteiger partial charge in [-0.1, -0.05) is 6.92 Å². The van der Waals surface area contributed by atoms with Crippen molar-refractivity contribution in [2.45, 2.75) is 32.6 Å². The van der Waals surface area contributed by atoms with Crippen LogP contribution in [-0.4, -0.2) is 15.3 Å². The molecule has 12 heavy (non-hydrogen) atoms. The van der Waals surface area contributed by atoms with E-state index < -0.39 is 0 Å². The first kappa shape index (κ1) is 9.65. The van der Waals surface area contributed by atoms with Crippen molar-refractivity contribution >= 4 is 11.8 Å². The van der Waals surface area contributed by atoms with Crippen LogP contribution in [-0.2, 0) is 5.75 Å². The lowest BCUT2D eigenvalue weighted by Crippen LogP contribution is -2.04. The minimum atomic E-state index is 0.528. The second-order valence-corrected chi connectivity index (χ2v) is 4.26. The summed E-state index contributed by atoms with van der Waals surface area (Å²) in [6.07, 6.45) is 3.93. The highest BCUT2D eigenvalue weighted by atomic mass is 32.2. The summed E-state index contributed by atoms with van der Waals surface area (Å²) >= 11 is 1.91. The van der Waals surface area contributed by atoms with E-state index in [1.165, 1.54) is 5.82 Å². The van der Waals surface area contributed by atoms with Crippen LogP contribution < -0.4 is 0 Å². The van der Waals surface area contributed by atoms with Crippen LogP contribution in [0.2, 0.25) is 0 Å². The molecule has 1 rings (SSSR count). The zero-order chi connectivity index (χ0) is 8.97. The van der Waals surface area contributed by atoms with Gasteiger partial charge in [-0.15, -0.1) is 0 Å². The number of hydrogen-bond acceptors (Lipinski definition) is 2. The van der Waals surface area contributed by atoms with Crippen molar-refractivity contribution in [1.82, 2.24) is 9.55 Å². The first-order valence-electron chi connectivity index (χ1n) is 4.35. The lowest BCUT2D eigenvalue weighted by atomic mass is 10.4. The van der Waals surface area contributed by atoms with E-state index >= 15 is 0 Å². The van der Waals surface area contributed by atoms with Gasteiger partial charge in [0.15, 0.2) is 0 Å². The molecule has 3 heteroatoms. The minimum absolute atomic E-state index is 0.528. The maximum absolute atomic E-state index is 4.32. The molecule has 0 aliphatic heterocycles. The van der Waals surface area contributed by atoms with E-state index in [0.29, 0.717) is 6.04 Å². The lowest BCUT2D eigenvalue weighted by molar-refractivity contribution is 0.580. The summed E-state index contributed by atoms with van der Waals surface area (Å²) < 4.78 is 2.22. The monoisotopic (exact) mass is 184 g/mol. The van der Waals surface area contributed by atoms with E-state index in [2.05, 4.69) is 36.5 Å². The SMILES string of the molecule is CCSCc1nccn1C(C)C. The number of imidazole rings is 1. The largest absolute Gasteiger partial charge is 0.332 e. The van der Waals surface area contributed by atoms with Crippen LogP contribution >= 0.6 is 11.8 Å². The van der Waals surface area contributed by atoms with Crippen LogP contribution in [0, 0.1) is 0 Å². The number of hydrogen-bond donors (Lipinski definition) is 0. The summed E-state index contributed by atoms with van der Waals surface area (Å²) in [6.45, 7) is 6.54. The zero-order valence-corrected chi connectivity index (χ0v) is 8.77. The van der Waals surface area contributed by atoms with Crippen molar-refractivity contribution in [3.8, 4) is 0 Å².